The Bertz CT molecular complexity index is 689. The van der Waals surface area contributed by atoms with Crippen molar-refractivity contribution in [3.05, 3.63) is 10.9 Å². The van der Waals surface area contributed by atoms with Crippen LogP contribution >= 0.6 is 15.9 Å². The average molecular weight is 343 g/mol. The zero-order valence-corrected chi connectivity index (χ0v) is 12.2. The molecule has 1 saturated heterocycles. The molecule has 9 heteroatoms. The Morgan fingerprint density at radius 1 is 1.55 bits per heavy atom. The summed E-state index contributed by atoms with van der Waals surface area (Å²) in [6.07, 6.45) is 0.349. The highest BCUT2D eigenvalue weighted by atomic mass is 79.9. The minimum atomic E-state index is -1.10. The molecule has 0 aromatic carbocycles. The number of carbonyl (C=O) groups excluding carboxylic acids is 1. The summed E-state index contributed by atoms with van der Waals surface area (Å²) in [4.78, 5) is 21.4. The summed E-state index contributed by atoms with van der Waals surface area (Å²) in [6.45, 7) is 0.0844. The van der Waals surface area contributed by atoms with Crippen molar-refractivity contribution in [2.75, 3.05) is 11.4 Å². The Hall–Kier alpha value is -1.77. The van der Waals surface area contributed by atoms with Crippen LogP contribution in [-0.2, 0) is 11.8 Å². The third-order valence-corrected chi connectivity index (χ3v) is 3.96. The van der Waals surface area contributed by atoms with E-state index in [1.54, 1.807) is 16.6 Å². The number of anilines is 1. The fraction of sp³-hybridized carbons (Fsp3) is 0.455. The number of hydrogen-bond donors (Lipinski definition) is 1. The van der Waals surface area contributed by atoms with Crippen LogP contribution in [0.1, 0.15) is 6.42 Å². The molecule has 0 spiro atoms. The SMILES string of the molecule is Cn1nc(Br)c2c(N3C[C@@H](F)C[C@@H]3C(N)=O)ncnc21. The van der Waals surface area contributed by atoms with Crippen molar-refractivity contribution in [3.63, 3.8) is 0 Å². The van der Waals surface area contributed by atoms with Gasteiger partial charge in [0.1, 0.15) is 29.0 Å². The second kappa shape index (κ2) is 4.65. The maximum absolute atomic E-state index is 13.7. The zero-order chi connectivity index (χ0) is 14.4. The van der Waals surface area contributed by atoms with E-state index in [2.05, 4.69) is 31.0 Å². The van der Waals surface area contributed by atoms with Gasteiger partial charge in [-0.05, 0) is 15.9 Å². The lowest BCUT2D eigenvalue weighted by Gasteiger charge is -2.23. The molecule has 0 aliphatic carbocycles. The predicted octanol–water partition coefficient (Wildman–Crippen LogP) is 0.528. The van der Waals surface area contributed by atoms with E-state index in [1.807, 2.05) is 0 Å². The third kappa shape index (κ3) is 1.92. The van der Waals surface area contributed by atoms with Gasteiger partial charge in [-0.1, -0.05) is 0 Å². The Kier molecular flexibility index (Phi) is 3.08. The van der Waals surface area contributed by atoms with Crippen molar-refractivity contribution in [2.45, 2.75) is 18.6 Å². The molecule has 2 aromatic heterocycles. The number of primary amides is 1. The molecule has 1 amide bonds. The lowest BCUT2D eigenvalue weighted by molar-refractivity contribution is -0.119. The maximum Gasteiger partial charge on any atom is 0.240 e. The molecule has 0 bridgehead atoms. The van der Waals surface area contributed by atoms with E-state index < -0.39 is 18.1 Å². The van der Waals surface area contributed by atoms with E-state index in [-0.39, 0.29) is 13.0 Å². The number of amides is 1. The smallest absolute Gasteiger partial charge is 0.240 e. The van der Waals surface area contributed by atoms with Crippen LogP contribution in [0.15, 0.2) is 10.9 Å². The minimum absolute atomic E-state index is 0.0821. The number of aryl methyl sites for hydroxylation is 1. The van der Waals surface area contributed by atoms with E-state index in [4.69, 9.17) is 5.73 Å². The quantitative estimate of drug-likeness (QED) is 0.859. The number of nitrogens with zero attached hydrogens (tertiary/aromatic N) is 5. The van der Waals surface area contributed by atoms with Gasteiger partial charge in [0.2, 0.25) is 5.91 Å². The maximum atomic E-state index is 13.7. The molecule has 1 aliphatic rings. The molecule has 0 radical (unpaired) electrons. The fourth-order valence-corrected chi connectivity index (χ4v) is 3.13. The summed E-state index contributed by atoms with van der Waals surface area (Å²) < 4.78 is 15.8. The molecule has 7 nitrogen and oxygen atoms in total. The topological polar surface area (TPSA) is 89.9 Å². The highest BCUT2D eigenvalue weighted by Crippen LogP contribution is 2.34. The van der Waals surface area contributed by atoms with Crippen molar-refractivity contribution in [1.29, 1.82) is 0 Å². The number of aromatic nitrogens is 4. The molecular formula is C11H12BrFN6O. The zero-order valence-electron chi connectivity index (χ0n) is 10.6. The van der Waals surface area contributed by atoms with Crippen LogP contribution in [0.5, 0.6) is 0 Å². The van der Waals surface area contributed by atoms with Crippen LogP contribution in [0.25, 0.3) is 11.0 Å². The number of alkyl halides is 1. The Morgan fingerprint density at radius 2 is 2.30 bits per heavy atom. The van der Waals surface area contributed by atoms with Crippen LogP contribution < -0.4 is 10.6 Å². The number of carbonyl (C=O) groups is 1. The van der Waals surface area contributed by atoms with Crippen molar-refractivity contribution in [2.24, 2.45) is 12.8 Å². The normalized spacial score (nSPS) is 22.6. The second-order valence-corrected chi connectivity index (χ2v) is 5.46. The van der Waals surface area contributed by atoms with Crippen molar-refractivity contribution >= 4 is 38.7 Å². The molecule has 106 valence electrons. The van der Waals surface area contributed by atoms with Crippen molar-refractivity contribution in [1.82, 2.24) is 19.7 Å². The van der Waals surface area contributed by atoms with Crippen LogP contribution in [0.3, 0.4) is 0 Å². The highest BCUT2D eigenvalue weighted by Gasteiger charge is 2.38. The Morgan fingerprint density at radius 3 is 3.00 bits per heavy atom. The molecule has 20 heavy (non-hydrogen) atoms. The third-order valence-electron chi connectivity index (χ3n) is 3.41. The number of rotatable bonds is 2. The van der Waals surface area contributed by atoms with Crippen molar-refractivity contribution in [3.8, 4) is 0 Å². The average Bonchev–Trinajstić information content (AvgIpc) is 2.91. The summed E-state index contributed by atoms with van der Waals surface area (Å²) in [5.41, 5.74) is 5.96. The first-order valence-corrected chi connectivity index (χ1v) is 6.81. The predicted molar refractivity (Wildman–Crippen MR) is 73.8 cm³/mol. The summed E-state index contributed by atoms with van der Waals surface area (Å²) >= 11 is 3.34. The van der Waals surface area contributed by atoms with Gasteiger partial charge in [0.25, 0.3) is 0 Å². The lowest BCUT2D eigenvalue weighted by Crippen LogP contribution is -2.40. The monoisotopic (exact) mass is 342 g/mol. The van der Waals surface area contributed by atoms with Crippen LogP contribution in [0.4, 0.5) is 10.2 Å². The van der Waals surface area contributed by atoms with Gasteiger partial charge in [-0.25, -0.2) is 19.0 Å². The van der Waals surface area contributed by atoms with E-state index in [1.165, 1.54) is 6.33 Å². The lowest BCUT2D eigenvalue weighted by atomic mass is 10.2. The van der Waals surface area contributed by atoms with Crippen molar-refractivity contribution < 1.29 is 9.18 Å². The largest absolute Gasteiger partial charge is 0.368 e. The van der Waals surface area contributed by atoms with Crippen LogP contribution in [0.2, 0.25) is 0 Å². The second-order valence-electron chi connectivity index (χ2n) is 4.71. The molecule has 2 atom stereocenters. The summed E-state index contributed by atoms with van der Waals surface area (Å²) in [5, 5.41) is 4.85. The highest BCUT2D eigenvalue weighted by molar-refractivity contribution is 9.10. The molecule has 0 saturated carbocycles. The van der Waals surface area contributed by atoms with E-state index in [9.17, 15) is 9.18 Å². The van der Waals surface area contributed by atoms with E-state index in [0.29, 0.717) is 21.5 Å². The van der Waals surface area contributed by atoms with Gasteiger partial charge in [0, 0.05) is 13.5 Å². The van der Waals surface area contributed by atoms with Gasteiger partial charge in [0.05, 0.1) is 11.9 Å². The van der Waals surface area contributed by atoms with Crippen LogP contribution in [-0.4, -0.2) is 44.4 Å². The first-order valence-electron chi connectivity index (χ1n) is 6.02. The van der Waals surface area contributed by atoms with Gasteiger partial charge < -0.3 is 10.6 Å². The van der Waals surface area contributed by atoms with Gasteiger partial charge in [-0.15, -0.1) is 0 Å². The number of hydrogen-bond acceptors (Lipinski definition) is 5. The molecule has 3 rings (SSSR count). The van der Waals surface area contributed by atoms with Gasteiger partial charge in [0.15, 0.2) is 5.65 Å². The fourth-order valence-electron chi connectivity index (χ4n) is 2.53. The number of fused-ring (bicyclic) bond motifs is 1. The molecule has 2 aromatic rings. The van der Waals surface area contributed by atoms with Gasteiger partial charge in [-0.2, -0.15) is 5.10 Å². The number of nitrogens with two attached hydrogens (primary N) is 1. The Balaban J connectivity index is 2.16. The summed E-state index contributed by atoms with van der Waals surface area (Å²) in [6, 6.07) is -0.699. The molecule has 2 N–H and O–H groups in total. The summed E-state index contributed by atoms with van der Waals surface area (Å²) in [5.74, 6) is -0.0872. The van der Waals surface area contributed by atoms with E-state index in [0.717, 1.165) is 0 Å². The van der Waals surface area contributed by atoms with Gasteiger partial charge >= 0.3 is 0 Å². The first kappa shape index (κ1) is 13.2. The standard InChI is InChI=1S/C11H12BrFN6O/c1-18-10-7(8(12)17-18)11(16-4-15-10)19-3-5(13)2-6(19)9(14)20/h4-6H,2-3H2,1H3,(H2,14,20)/t5-,6+/m0/s1. The van der Waals surface area contributed by atoms with Gasteiger partial charge in [-0.3, -0.25) is 4.79 Å². The molecule has 1 fully saturated rings. The van der Waals surface area contributed by atoms with E-state index >= 15 is 0 Å². The molecule has 1 aliphatic heterocycles. The molecular weight excluding hydrogens is 331 g/mol. The summed E-state index contributed by atoms with van der Waals surface area (Å²) in [7, 11) is 1.75. The molecule has 3 heterocycles. The number of halogens is 2. The minimum Gasteiger partial charge on any atom is -0.368 e. The first-order chi connectivity index (χ1) is 9.49. The van der Waals surface area contributed by atoms with Crippen LogP contribution in [0, 0.1) is 0 Å². The Labute approximate surface area is 122 Å². The molecule has 0 unspecified atom stereocenters.